The Bertz CT molecular complexity index is 986. The Balaban J connectivity index is 1.52. The van der Waals surface area contributed by atoms with E-state index in [0.29, 0.717) is 11.1 Å². The van der Waals surface area contributed by atoms with Gasteiger partial charge in [-0.1, -0.05) is 18.2 Å². The molecule has 1 saturated heterocycles. The van der Waals surface area contributed by atoms with Crippen LogP contribution in [0.1, 0.15) is 29.8 Å². The molecule has 132 valence electrons. The standard InChI is InChI=1S/C21H21N3O2/c25-20-18-7-3-2-6-15(18)14-19(23-20)21(26)22-16-8-10-17(11-9-16)24-12-4-1-5-13-24/h2-3,6-11,14H,1,4-5,12-13H2,(H,22,26)(H,23,25). The number of pyridine rings is 1. The lowest BCUT2D eigenvalue weighted by molar-refractivity contribution is 0.102. The second-order valence-electron chi connectivity index (χ2n) is 6.65. The maximum atomic E-state index is 12.5. The van der Waals surface area contributed by atoms with Gasteiger partial charge >= 0.3 is 0 Å². The lowest BCUT2D eigenvalue weighted by Gasteiger charge is -2.28. The Morgan fingerprint density at radius 3 is 2.46 bits per heavy atom. The minimum atomic E-state index is -0.321. The van der Waals surface area contributed by atoms with Gasteiger partial charge in [0.2, 0.25) is 0 Å². The predicted molar refractivity (Wildman–Crippen MR) is 105 cm³/mol. The summed E-state index contributed by atoms with van der Waals surface area (Å²) in [6.45, 7) is 2.17. The van der Waals surface area contributed by atoms with E-state index in [1.54, 1.807) is 18.2 Å². The van der Waals surface area contributed by atoms with Gasteiger partial charge in [0.25, 0.3) is 11.5 Å². The molecule has 5 nitrogen and oxygen atoms in total. The molecule has 1 fully saturated rings. The number of anilines is 2. The topological polar surface area (TPSA) is 65.2 Å². The van der Waals surface area contributed by atoms with E-state index in [9.17, 15) is 9.59 Å². The van der Waals surface area contributed by atoms with Crippen LogP contribution in [0.4, 0.5) is 11.4 Å². The highest BCUT2D eigenvalue weighted by molar-refractivity contribution is 6.04. The van der Waals surface area contributed by atoms with E-state index >= 15 is 0 Å². The molecule has 1 aromatic heterocycles. The first-order valence-corrected chi connectivity index (χ1v) is 8.99. The third-order valence-electron chi connectivity index (χ3n) is 4.84. The van der Waals surface area contributed by atoms with Crippen LogP contribution in [0.5, 0.6) is 0 Å². The number of nitrogens with zero attached hydrogens (tertiary/aromatic N) is 1. The molecule has 2 heterocycles. The van der Waals surface area contributed by atoms with E-state index in [1.807, 2.05) is 36.4 Å². The number of carbonyl (C=O) groups is 1. The summed E-state index contributed by atoms with van der Waals surface area (Å²) in [6, 6.07) is 16.8. The number of aromatic amines is 1. The van der Waals surface area contributed by atoms with Crippen LogP contribution in [0.15, 0.2) is 59.4 Å². The summed E-state index contributed by atoms with van der Waals surface area (Å²) in [7, 11) is 0. The number of piperidine rings is 1. The maximum absolute atomic E-state index is 12.5. The summed E-state index contributed by atoms with van der Waals surface area (Å²) in [6.07, 6.45) is 3.76. The van der Waals surface area contributed by atoms with Crippen molar-refractivity contribution >= 4 is 28.1 Å². The van der Waals surface area contributed by atoms with Gasteiger partial charge < -0.3 is 15.2 Å². The maximum Gasteiger partial charge on any atom is 0.272 e. The van der Waals surface area contributed by atoms with Crippen LogP contribution in [-0.4, -0.2) is 24.0 Å². The quantitative estimate of drug-likeness (QED) is 0.758. The molecule has 26 heavy (non-hydrogen) atoms. The number of amides is 1. The van der Waals surface area contributed by atoms with Gasteiger partial charge in [0, 0.05) is 29.9 Å². The van der Waals surface area contributed by atoms with Crippen LogP contribution in [0, 0.1) is 0 Å². The lowest BCUT2D eigenvalue weighted by Crippen LogP contribution is -2.29. The molecule has 2 N–H and O–H groups in total. The molecule has 0 bridgehead atoms. The molecular weight excluding hydrogens is 326 g/mol. The second kappa shape index (κ2) is 7.04. The largest absolute Gasteiger partial charge is 0.372 e. The van der Waals surface area contributed by atoms with Gasteiger partial charge in [0.05, 0.1) is 0 Å². The van der Waals surface area contributed by atoms with Gasteiger partial charge in [-0.3, -0.25) is 9.59 Å². The molecule has 2 aromatic carbocycles. The fourth-order valence-corrected chi connectivity index (χ4v) is 3.44. The molecule has 0 spiro atoms. The first-order chi connectivity index (χ1) is 12.7. The summed E-state index contributed by atoms with van der Waals surface area (Å²) >= 11 is 0. The molecule has 0 atom stereocenters. The third-order valence-corrected chi connectivity index (χ3v) is 4.84. The molecule has 0 radical (unpaired) electrons. The van der Waals surface area contributed by atoms with E-state index in [0.717, 1.165) is 18.5 Å². The summed E-state index contributed by atoms with van der Waals surface area (Å²) in [5, 5.41) is 4.18. The first kappa shape index (κ1) is 16.4. The average molecular weight is 347 g/mol. The number of H-pyrrole nitrogens is 1. The molecule has 1 aliphatic heterocycles. The van der Waals surface area contributed by atoms with Gasteiger partial charge in [0.15, 0.2) is 0 Å². The van der Waals surface area contributed by atoms with Crippen molar-refractivity contribution in [2.45, 2.75) is 19.3 Å². The van der Waals surface area contributed by atoms with Gasteiger partial charge in [-0.05, 0) is 61.0 Å². The molecule has 4 rings (SSSR count). The highest BCUT2D eigenvalue weighted by atomic mass is 16.2. The molecule has 3 aromatic rings. The van der Waals surface area contributed by atoms with Crippen molar-refractivity contribution in [1.29, 1.82) is 0 Å². The smallest absolute Gasteiger partial charge is 0.272 e. The van der Waals surface area contributed by atoms with Crippen LogP contribution >= 0.6 is 0 Å². The van der Waals surface area contributed by atoms with Gasteiger partial charge in [-0.15, -0.1) is 0 Å². The first-order valence-electron chi connectivity index (χ1n) is 8.99. The van der Waals surface area contributed by atoms with Crippen molar-refractivity contribution in [3.05, 3.63) is 70.6 Å². The Morgan fingerprint density at radius 2 is 1.69 bits per heavy atom. The summed E-state index contributed by atoms with van der Waals surface area (Å²) in [5.41, 5.74) is 1.90. The lowest BCUT2D eigenvalue weighted by atomic mass is 10.1. The van der Waals surface area contributed by atoms with Crippen molar-refractivity contribution in [3.63, 3.8) is 0 Å². The molecule has 1 amide bonds. The molecule has 1 aliphatic rings. The van der Waals surface area contributed by atoms with Gasteiger partial charge in [-0.25, -0.2) is 0 Å². The minimum Gasteiger partial charge on any atom is -0.372 e. The number of hydrogen-bond acceptors (Lipinski definition) is 3. The Kier molecular flexibility index (Phi) is 4.44. The number of rotatable bonds is 3. The van der Waals surface area contributed by atoms with Crippen molar-refractivity contribution in [2.75, 3.05) is 23.3 Å². The van der Waals surface area contributed by atoms with Crippen molar-refractivity contribution in [1.82, 2.24) is 4.98 Å². The number of carbonyl (C=O) groups excluding carboxylic acids is 1. The van der Waals surface area contributed by atoms with Crippen LogP contribution in [0.2, 0.25) is 0 Å². The number of nitrogens with one attached hydrogen (secondary N) is 2. The van der Waals surface area contributed by atoms with E-state index in [4.69, 9.17) is 0 Å². The van der Waals surface area contributed by atoms with Crippen molar-refractivity contribution in [3.8, 4) is 0 Å². The molecule has 0 saturated carbocycles. The Morgan fingerprint density at radius 1 is 0.962 bits per heavy atom. The SMILES string of the molecule is O=C(Nc1ccc(N2CCCCC2)cc1)c1cc2ccccc2c(=O)[nH]1. The number of benzene rings is 2. The highest BCUT2D eigenvalue weighted by Crippen LogP contribution is 2.22. The van der Waals surface area contributed by atoms with E-state index in [2.05, 4.69) is 15.2 Å². The molecule has 0 aliphatic carbocycles. The third kappa shape index (κ3) is 3.33. The molecular formula is C21H21N3O2. The fraction of sp³-hybridized carbons (Fsp3) is 0.238. The Labute approximate surface area is 151 Å². The number of fused-ring (bicyclic) bond motifs is 1. The van der Waals surface area contributed by atoms with E-state index < -0.39 is 0 Å². The van der Waals surface area contributed by atoms with Gasteiger partial charge in [-0.2, -0.15) is 0 Å². The second-order valence-corrected chi connectivity index (χ2v) is 6.65. The number of hydrogen-bond donors (Lipinski definition) is 2. The fourth-order valence-electron chi connectivity index (χ4n) is 3.44. The normalized spacial score (nSPS) is 14.4. The van der Waals surface area contributed by atoms with Crippen LogP contribution in [0.3, 0.4) is 0 Å². The average Bonchev–Trinajstić information content (AvgIpc) is 2.69. The zero-order valence-electron chi connectivity index (χ0n) is 14.5. The minimum absolute atomic E-state index is 0.256. The number of aromatic nitrogens is 1. The van der Waals surface area contributed by atoms with Crippen molar-refractivity contribution < 1.29 is 4.79 Å². The predicted octanol–water partition coefficient (Wildman–Crippen LogP) is 3.77. The van der Waals surface area contributed by atoms with Crippen LogP contribution in [0.25, 0.3) is 10.8 Å². The summed E-state index contributed by atoms with van der Waals surface area (Å²) in [5.74, 6) is -0.321. The van der Waals surface area contributed by atoms with Gasteiger partial charge in [0.1, 0.15) is 5.69 Å². The van der Waals surface area contributed by atoms with E-state index in [1.165, 1.54) is 24.9 Å². The van der Waals surface area contributed by atoms with Crippen molar-refractivity contribution in [2.24, 2.45) is 0 Å². The molecule has 5 heteroatoms. The zero-order chi connectivity index (χ0) is 17.9. The summed E-state index contributed by atoms with van der Waals surface area (Å²) < 4.78 is 0. The Hall–Kier alpha value is -3.08. The van der Waals surface area contributed by atoms with Crippen LogP contribution < -0.4 is 15.8 Å². The molecule has 0 unspecified atom stereocenters. The zero-order valence-corrected chi connectivity index (χ0v) is 14.5. The highest BCUT2D eigenvalue weighted by Gasteiger charge is 2.12. The van der Waals surface area contributed by atoms with E-state index in [-0.39, 0.29) is 17.2 Å². The summed E-state index contributed by atoms with van der Waals surface area (Å²) in [4.78, 5) is 29.7. The monoisotopic (exact) mass is 347 g/mol. The van der Waals surface area contributed by atoms with Crippen LogP contribution in [-0.2, 0) is 0 Å².